The van der Waals surface area contributed by atoms with Gasteiger partial charge in [0, 0.05) is 25.1 Å². The van der Waals surface area contributed by atoms with E-state index in [4.69, 9.17) is 0 Å². The molecule has 0 fully saturated rings. The van der Waals surface area contributed by atoms with E-state index in [0.717, 1.165) is 12.4 Å². The highest BCUT2D eigenvalue weighted by Crippen LogP contribution is 2.04. The lowest BCUT2D eigenvalue weighted by molar-refractivity contribution is 0.755. The van der Waals surface area contributed by atoms with Crippen LogP contribution in [0.25, 0.3) is 0 Å². The van der Waals surface area contributed by atoms with Gasteiger partial charge < -0.3 is 4.57 Å². The molecule has 0 saturated heterocycles. The van der Waals surface area contributed by atoms with Gasteiger partial charge in [-0.25, -0.2) is 15.0 Å². The van der Waals surface area contributed by atoms with Crippen LogP contribution in [0.2, 0.25) is 0 Å². The van der Waals surface area contributed by atoms with Crippen molar-refractivity contribution in [3.63, 3.8) is 0 Å². The molecular weight excluding hydrogens is 188 g/mol. The Bertz CT molecular complexity index is 445. The van der Waals surface area contributed by atoms with Crippen molar-refractivity contribution in [3.05, 3.63) is 42.6 Å². The van der Waals surface area contributed by atoms with Gasteiger partial charge in [-0.15, -0.1) is 0 Å². The van der Waals surface area contributed by atoms with Crippen LogP contribution in [-0.4, -0.2) is 20.7 Å². The van der Waals surface area contributed by atoms with Crippen LogP contribution in [0.15, 0.2) is 41.8 Å². The minimum absolute atomic E-state index is 0.697. The maximum absolute atomic E-state index is 4.24. The van der Waals surface area contributed by atoms with Crippen molar-refractivity contribution in [2.45, 2.75) is 13.5 Å². The quantitative estimate of drug-likeness (QED) is 0.711. The molecule has 0 bridgehead atoms. The van der Waals surface area contributed by atoms with Gasteiger partial charge in [-0.2, -0.15) is 0 Å². The first-order chi connectivity index (χ1) is 7.40. The SMILES string of the molecule is CCn1ccnc1/C=N/c1ccccn1. The molecule has 0 atom stereocenters. The average Bonchev–Trinajstić information content (AvgIpc) is 2.75. The maximum atomic E-state index is 4.24. The number of hydrogen-bond donors (Lipinski definition) is 0. The molecule has 76 valence electrons. The molecule has 2 heterocycles. The van der Waals surface area contributed by atoms with Gasteiger partial charge in [-0.1, -0.05) is 6.07 Å². The summed E-state index contributed by atoms with van der Waals surface area (Å²) in [6.45, 7) is 2.96. The van der Waals surface area contributed by atoms with Crippen molar-refractivity contribution in [1.29, 1.82) is 0 Å². The van der Waals surface area contributed by atoms with Crippen molar-refractivity contribution in [1.82, 2.24) is 14.5 Å². The van der Waals surface area contributed by atoms with Crippen LogP contribution in [0.3, 0.4) is 0 Å². The Morgan fingerprint density at radius 1 is 1.33 bits per heavy atom. The number of pyridine rings is 1. The Kier molecular flexibility index (Phi) is 2.88. The lowest BCUT2D eigenvalue weighted by Gasteiger charge is -1.97. The molecule has 2 rings (SSSR count). The average molecular weight is 200 g/mol. The van der Waals surface area contributed by atoms with E-state index in [-0.39, 0.29) is 0 Å². The fourth-order valence-electron chi connectivity index (χ4n) is 1.27. The van der Waals surface area contributed by atoms with Crippen LogP contribution in [-0.2, 0) is 6.54 Å². The molecule has 0 aromatic carbocycles. The summed E-state index contributed by atoms with van der Waals surface area (Å²) >= 11 is 0. The summed E-state index contributed by atoms with van der Waals surface area (Å²) in [6, 6.07) is 5.63. The largest absolute Gasteiger partial charge is 0.330 e. The molecule has 0 spiro atoms. The van der Waals surface area contributed by atoms with Gasteiger partial charge in [0.05, 0.1) is 6.21 Å². The van der Waals surface area contributed by atoms with E-state index in [1.165, 1.54) is 0 Å². The number of aryl methyl sites for hydroxylation is 1. The predicted octanol–water partition coefficient (Wildman–Crippen LogP) is 2.05. The van der Waals surface area contributed by atoms with Crippen molar-refractivity contribution in [3.8, 4) is 0 Å². The first kappa shape index (κ1) is 9.58. The fraction of sp³-hybridized carbons (Fsp3) is 0.182. The molecule has 4 nitrogen and oxygen atoms in total. The maximum Gasteiger partial charge on any atom is 0.151 e. The summed E-state index contributed by atoms with van der Waals surface area (Å²) in [7, 11) is 0. The lowest BCUT2D eigenvalue weighted by atomic mass is 10.5. The minimum Gasteiger partial charge on any atom is -0.330 e. The molecule has 15 heavy (non-hydrogen) atoms. The molecule has 0 unspecified atom stereocenters. The van der Waals surface area contributed by atoms with Gasteiger partial charge in [0.1, 0.15) is 0 Å². The number of imidazole rings is 1. The minimum atomic E-state index is 0.697. The zero-order valence-electron chi connectivity index (χ0n) is 8.54. The third-order valence-electron chi connectivity index (χ3n) is 2.05. The van der Waals surface area contributed by atoms with E-state index in [9.17, 15) is 0 Å². The highest BCUT2D eigenvalue weighted by molar-refractivity contribution is 5.77. The highest BCUT2D eigenvalue weighted by Gasteiger charge is 1.96. The normalized spacial score (nSPS) is 11.0. The lowest BCUT2D eigenvalue weighted by Crippen LogP contribution is -1.99. The number of hydrogen-bond acceptors (Lipinski definition) is 3. The van der Waals surface area contributed by atoms with Gasteiger partial charge in [0.25, 0.3) is 0 Å². The van der Waals surface area contributed by atoms with Gasteiger partial charge in [-0.3, -0.25) is 0 Å². The van der Waals surface area contributed by atoms with Crippen molar-refractivity contribution in [2.24, 2.45) is 4.99 Å². The molecule has 0 N–H and O–H groups in total. The standard InChI is InChI=1S/C11H12N4/c1-2-15-8-7-13-11(15)9-14-10-5-3-4-6-12-10/h3-9H,2H2,1H3/b14-9+. The molecule has 2 aromatic heterocycles. The fourth-order valence-corrected chi connectivity index (χ4v) is 1.27. The molecule has 0 aliphatic heterocycles. The summed E-state index contributed by atoms with van der Waals surface area (Å²) < 4.78 is 2.02. The number of aromatic nitrogens is 3. The van der Waals surface area contributed by atoms with E-state index < -0.39 is 0 Å². The van der Waals surface area contributed by atoms with Gasteiger partial charge >= 0.3 is 0 Å². The number of nitrogens with zero attached hydrogens (tertiary/aromatic N) is 4. The first-order valence-electron chi connectivity index (χ1n) is 4.86. The summed E-state index contributed by atoms with van der Waals surface area (Å²) in [5.74, 6) is 1.55. The van der Waals surface area contributed by atoms with Crippen LogP contribution in [0.5, 0.6) is 0 Å². The Morgan fingerprint density at radius 2 is 2.27 bits per heavy atom. The molecule has 2 aromatic rings. The Balaban J connectivity index is 2.19. The molecule has 0 aliphatic carbocycles. The highest BCUT2D eigenvalue weighted by atomic mass is 15.1. The van der Waals surface area contributed by atoms with E-state index >= 15 is 0 Å². The predicted molar refractivity (Wildman–Crippen MR) is 59.4 cm³/mol. The summed E-state index contributed by atoms with van der Waals surface area (Å²) in [5.41, 5.74) is 0. The Morgan fingerprint density at radius 3 is 3.00 bits per heavy atom. The topological polar surface area (TPSA) is 43.1 Å². The van der Waals surface area contributed by atoms with E-state index in [1.54, 1.807) is 18.6 Å². The van der Waals surface area contributed by atoms with Crippen LogP contribution >= 0.6 is 0 Å². The van der Waals surface area contributed by atoms with Gasteiger partial charge in [0.2, 0.25) is 0 Å². The molecule has 0 saturated carbocycles. The molecular formula is C11H12N4. The van der Waals surface area contributed by atoms with E-state index in [1.807, 2.05) is 29.0 Å². The van der Waals surface area contributed by atoms with Crippen LogP contribution < -0.4 is 0 Å². The number of rotatable bonds is 3. The molecule has 0 amide bonds. The summed E-state index contributed by atoms with van der Waals surface area (Å²) in [4.78, 5) is 12.5. The number of aliphatic imine (C=N–C) groups is 1. The first-order valence-corrected chi connectivity index (χ1v) is 4.86. The van der Waals surface area contributed by atoms with Crippen LogP contribution in [0, 0.1) is 0 Å². The van der Waals surface area contributed by atoms with Crippen molar-refractivity contribution in [2.75, 3.05) is 0 Å². The van der Waals surface area contributed by atoms with Gasteiger partial charge in [-0.05, 0) is 19.1 Å². The molecule has 0 aliphatic rings. The zero-order chi connectivity index (χ0) is 10.5. The second kappa shape index (κ2) is 4.50. The van der Waals surface area contributed by atoms with E-state index in [2.05, 4.69) is 21.9 Å². The van der Waals surface area contributed by atoms with Gasteiger partial charge in [0.15, 0.2) is 11.6 Å². The summed E-state index contributed by atoms with van der Waals surface area (Å²) in [6.07, 6.45) is 7.15. The second-order valence-electron chi connectivity index (χ2n) is 3.02. The van der Waals surface area contributed by atoms with Crippen molar-refractivity contribution < 1.29 is 0 Å². The third kappa shape index (κ3) is 2.28. The van der Waals surface area contributed by atoms with Crippen LogP contribution in [0.1, 0.15) is 12.7 Å². The second-order valence-corrected chi connectivity index (χ2v) is 3.02. The Hall–Kier alpha value is -1.97. The summed E-state index contributed by atoms with van der Waals surface area (Å²) in [5, 5.41) is 0. The zero-order valence-corrected chi connectivity index (χ0v) is 8.54. The van der Waals surface area contributed by atoms with E-state index in [0.29, 0.717) is 5.82 Å². The van der Waals surface area contributed by atoms with Crippen LogP contribution in [0.4, 0.5) is 5.82 Å². The molecule has 4 heteroatoms. The third-order valence-corrected chi connectivity index (χ3v) is 2.05. The molecule has 0 radical (unpaired) electrons. The monoisotopic (exact) mass is 200 g/mol. The smallest absolute Gasteiger partial charge is 0.151 e. The Labute approximate surface area is 88.3 Å². The van der Waals surface area contributed by atoms with Crippen molar-refractivity contribution >= 4 is 12.0 Å².